The van der Waals surface area contributed by atoms with Crippen molar-refractivity contribution < 1.29 is 13.2 Å². The maximum absolute atomic E-state index is 12.6. The summed E-state index contributed by atoms with van der Waals surface area (Å²) >= 11 is 0. The molecule has 1 atom stereocenters. The second kappa shape index (κ2) is 9.34. The highest BCUT2D eigenvalue weighted by atomic mass is 32.2. The molecule has 142 valence electrons. The topological polar surface area (TPSA) is 66.5 Å². The number of nitrogens with zero attached hydrogens (tertiary/aromatic N) is 1. The molecule has 1 aromatic carbocycles. The van der Waals surface area contributed by atoms with Gasteiger partial charge in [0, 0.05) is 24.7 Å². The number of carbonyl (C=O) groups excluding carboxylic acids is 1. The molecule has 0 aliphatic heterocycles. The lowest BCUT2D eigenvalue weighted by molar-refractivity contribution is 0.0937. The Labute approximate surface area is 152 Å². The van der Waals surface area contributed by atoms with Crippen LogP contribution in [0.1, 0.15) is 64.2 Å². The minimum absolute atomic E-state index is 0.0600. The molecule has 0 aliphatic rings. The van der Waals surface area contributed by atoms with E-state index in [1.807, 2.05) is 20.8 Å². The second-order valence-corrected chi connectivity index (χ2v) is 9.34. The maximum atomic E-state index is 12.6. The third-order valence-electron chi connectivity index (χ3n) is 4.30. The minimum Gasteiger partial charge on any atom is -0.350 e. The molecule has 1 rings (SSSR count). The smallest absolute Gasteiger partial charge is 0.251 e. The summed E-state index contributed by atoms with van der Waals surface area (Å²) in [5.74, 6) is 0.420. The molecule has 5 nitrogen and oxygen atoms in total. The molecular weight excluding hydrogens is 336 g/mol. The zero-order chi connectivity index (χ0) is 19.2. The van der Waals surface area contributed by atoms with Crippen molar-refractivity contribution in [3.63, 3.8) is 0 Å². The fourth-order valence-electron chi connectivity index (χ4n) is 2.45. The lowest BCUT2D eigenvalue weighted by atomic mass is 10.0. The van der Waals surface area contributed by atoms with Gasteiger partial charge in [-0.25, -0.2) is 8.42 Å². The molecule has 0 heterocycles. The third-order valence-corrected chi connectivity index (χ3v) is 6.33. The van der Waals surface area contributed by atoms with Crippen LogP contribution in [0.3, 0.4) is 0 Å². The van der Waals surface area contributed by atoms with Crippen LogP contribution in [0, 0.1) is 5.92 Å². The van der Waals surface area contributed by atoms with Gasteiger partial charge < -0.3 is 5.32 Å². The van der Waals surface area contributed by atoms with Crippen LogP contribution >= 0.6 is 0 Å². The second-order valence-electron chi connectivity index (χ2n) is 7.34. The summed E-state index contributed by atoms with van der Waals surface area (Å²) in [5, 5.41) is 2.95. The van der Waals surface area contributed by atoms with Gasteiger partial charge in [-0.15, -0.1) is 0 Å². The van der Waals surface area contributed by atoms with E-state index in [0.717, 1.165) is 19.3 Å². The molecule has 1 aromatic rings. The Morgan fingerprint density at radius 3 is 2.32 bits per heavy atom. The van der Waals surface area contributed by atoms with Gasteiger partial charge >= 0.3 is 0 Å². The molecule has 1 amide bonds. The summed E-state index contributed by atoms with van der Waals surface area (Å²) in [6.07, 6.45) is 3.11. The third kappa shape index (κ3) is 6.44. The van der Waals surface area contributed by atoms with E-state index >= 15 is 0 Å². The lowest BCUT2D eigenvalue weighted by Gasteiger charge is -2.21. The molecule has 0 saturated carbocycles. The molecule has 1 unspecified atom stereocenters. The molecule has 0 aliphatic carbocycles. The van der Waals surface area contributed by atoms with Gasteiger partial charge in [0.1, 0.15) is 0 Å². The summed E-state index contributed by atoms with van der Waals surface area (Å²) in [5.41, 5.74) is 0.369. The Morgan fingerprint density at radius 1 is 1.12 bits per heavy atom. The Kier molecular flexibility index (Phi) is 8.09. The van der Waals surface area contributed by atoms with Crippen LogP contribution in [-0.4, -0.2) is 37.8 Å². The SMILES string of the molecule is CC(C)CCCC(C)NC(=O)c1cccc(S(=O)(=O)N(C)C(C)C)c1. The largest absolute Gasteiger partial charge is 0.350 e. The van der Waals surface area contributed by atoms with Gasteiger partial charge in [0.25, 0.3) is 5.91 Å². The summed E-state index contributed by atoms with van der Waals surface area (Å²) < 4.78 is 26.4. The van der Waals surface area contributed by atoms with E-state index in [0.29, 0.717) is 11.5 Å². The standard InChI is InChI=1S/C19H32N2O3S/c1-14(2)9-7-10-16(5)20-19(22)17-11-8-12-18(13-17)25(23,24)21(6)15(3)4/h8,11-16H,7,9-10H2,1-6H3,(H,20,22). The van der Waals surface area contributed by atoms with Crippen molar-refractivity contribution in [1.29, 1.82) is 0 Å². The van der Waals surface area contributed by atoms with Gasteiger partial charge in [0.2, 0.25) is 10.0 Å². The molecule has 0 fully saturated rings. The van der Waals surface area contributed by atoms with Crippen molar-refractivity contribution in [3.8, 4) is 0 Å². The van der Waals surface area contributed by atoms with Gasteiger partial charge in [-0.2, -0.15) is 4.31 Å². The number of benzene rings is 1. The highest BCUT2D eigenvalue weighted by Gasteiger charge is 2.24. The van der Waals surface area contributed by atoms with Crippen molar-refractivity contribution in [3.05, 3.63) is 29.8 Å². The highest BCUT2D eigenvalue weighted by Crippen LogP contribution is 2.18. The highest BCUT2D eigenvalue weighted by molar-refractivity contribution is 7.89. The first-order valence-corrected chi connectivity index (χ1v) is 10.4. The molecule has 0 saturated heterocycles. The van der Waals surface area contributed by atoms with Crippen LogP contribution in [0.4, 0.5) is 0 Å². The van der Waals surface area contributed by atoms with Gasteiger partial charge in [-0.05, 0) is 51.3 Å². The fourth-order valence-corrected chi connectivity index (χ4v) is 3.87. The Bertz CT molecular complexity index is 669. The fraction of sp³-hybridized carbons (Fsp3) is 0.632. The molecule has 6 heteroatoms. The number of hydrogen-bond acceptors (Lipinski definition) is 3. The van der Waals surface area contributed by atoms with E-state index in [-0.39, 0.29) is 22.9 Å². The molecule has 0 aromatic heterocycles. The van der Waals surface area contributed by atoms with Gasteiger partial charge in [0.15, 0.2) is 0 Å². The molecule has 0 spiro atoms. The normalized spacial score (nSPS) is 13.5. The van der Waals surface area contributed by atoms with Crippen molar-refractivity contribution in [2.24, 2.45) is 5.92 Å². The first-order chi connectivity index (χ1) is 11.6. The van der Waals surface area contributed by atoms with Gasteiger partial charge in [-0.1, -0.05) is 32.8 Å². The molecular formula is C19H32N2O3S. The summed E-state index contributed by atoms with van der Waals surface area (Å²) in [6, 6.07) is 6.14. The molecule has 25 heavy (non-hydrogen) atoms. The first kappa shape index (κ1) is 21.6. The molecule has 1 N–H and O–H groups in total. The summed E-state index contributed by atoms with van der Waals surface area (Å²) in [7, 11) is -2.05. The van der Waals surface area contributed by atoms with Crippen molar-refractivity contribution in [1.82, 2.24) is 9.62 Å². The predicted molar refractivity (Wildman–Crippen MR) is 102 cm³/mol. The zero-order valence-corrected chi connectivity index (χ0v) is 17.1. The van der Waals surface area contributed by atoms with E-state index in [9.17, 15) is 13.2 Å². The monoisotopic (exact) mass is 368 g/mol. The number of hydrogen-bond donors (Lipinski definition) is 1. The average Bonchev–Trinajstić information content (AvgIpc) is 2.53. The number of sulfonamides is 1. The van der Waals surface area contributed by atoms with Crippen LogP contribution in [-0.2, 0) is 10.0 Å². The lowest BCUT2D eigenvalue weighted by Crippen LogP contribution is -2.34. The summed E-state index contributed by atoms with van der Waals surface area (Å²) in [6.45, 7) is 9.97. The Hall–Kier alpha value is -1.40. The van der Waals surface area contributed by atoms with Crippen LogP contribution in [0.2, 0.25) is 0 Å². The number of rotatable bonds is 9. The quantitative estimate of drug-likeness (QED) is 0.723. The van der Waals surface area contributed by atoms with E-state index < -0.39 is 10.0 Å². The van der Waals surface area contributed by atoms with Crippen LogP contribution in [0.25, 0.3) is 0 Å². The van der Waals surface area contributed by atoms with Crippen LogP contribution < -0.4 is 5.32 Å². The van der Waals surface area contributed by atoms with E-state index in [1.165, 1.54) is 16.4 Å². The Morgan fingerprint density at radius 2 is 1.76 bits per heavy atom. The van der Waals surface area contributed by atoms with Gasteiger partial charge in [-0.3, -0.25) is 4.79 Å². The minimum atomic E-state index is -3.59. The predicted octanol–water partition coefficient (Wildman–Crippen LogP) is 3.66. The van der Waals surface area contributed by atoms with Crippen molar-refractivity contribution in [2.75, 3.05) is 7.05 Å². The first-order valence-electron chi connectivity index (χ1n) is 8.94. The number of nitrogens with one attached hydrogen (secondary N) is 1. The number of amides is 1. The maximum Gasteiger partial charge on any atom is 0.251 e. The zero-order valence-electron chi connectivity index (χ0n) is 16.2. The van der Waals surface area contributed by atoms with E-state index in [4.69, 9.17) is 0 Å². The van der Waals surface area contributed by atoms with E-state index in [1.54, 1.807) is 19.2 Å². The van der Waals surface area contributed by atoms with Crippen molar-refractivity contribution >= 4 is 15.9 Å². The molecule has 0 radical (unpaired) electrons. The van der Waals surface area contributed by atoms with Crippen LogP contribution in [0.5, 0.6) is 0 Å². The van der Waals surface area contributed by atoms with Gasteiger partial charge in [0.05, 0.1) is 4.90 Å². The summed E-state index contributed by atoms with van der Waals surface area (Å²) in [4.78, 5) is 12.6. The average molecular weight is 369 g/mol. The molecule has 0 bridgehead atoms. The number of carbonyl (C=O) groups is 1. The van der Waals surface area contributed by atoms with Crippen LogP contribution in [0.15, 0.2) is 29.2 Å². The van der Waals surface area contributed by atoms with Crippen molar-refractivity contribution in [2.45, 2.75) is 70.9 Å². The Balaban J connectivity index is 2.82. The van der Waals surface area contributed by atoms with E-state index in [2.05, 4.69) is 19.2 Å².